The molecule has 1 unspecified atom stereocenters. The zero-order valence-corrected chi connectivity index (χ0v) is 14.0. The molecule has 1 aromatic carbocycles. The average Bonchev–Trinajstić information content (AvgIpc) is 2.27. The molecule has 0 amide bonds. The van der Waals surface area contributed by atoms with Gasteiger partial charge in [0, 0.05) is 10.5 Å². The number of thioether (sulfide) groups is 1. The maximum Gasteiger partial charge on any atom is 0.0945 e. The highest BCUT2D eigenvalue weighted by Crippen LogP contribution is 2.71. The van der Waals surface area contributed by atoms with E-state index in [2.05, 4.69) is 76.7 Å². The number of hydrogen-bond donors (Lipinski definition) is 0. The van der Waals surface area contributed by atoms with Gasteiger partial charge < -0.3 is 0 Å². The summed E-state index contributed by atoms with van der Waals surface area (Å²) < 4.78 is 0. The zero-order valence-electron chi connectivity index (χ0n) is 12.3. The van der Waals surface area contributed by atoms with Crippen molar-refractivity contribution >= 4 is 24.3 Å². The summed E-state index contributed by atoms with van der Waals surface area (Å²) in [5.41, 5.74) is 0. The minimum atomic E-state index is -1.06. The van der Waals surface area contributed by atoms with E-state index in [4.69, 9.17) is 0 Å². The maximum absolute atomic E-state index is 2.46. The second-order valence-corrected chi connectivity index (χ2v) is 13.0. The molecule has 18 heavy (non-hydrogen) atoms. The second-order valence-electron chi connectivity index (χ2n) is 6.60. The van der Waals surface area contributed by atoms with Crippen molar-refractivity contribution in [3.05, 3.63) is 30.3 Å². The van der Waals surface area contributed by atoms with Crippen LogP contribution < -0.4 is 5.30 Å². The monoisotopic (exact) mass is 281 g/mol. The topological polar surface area (TPSA) is 0 Å². The van der Waals surface area contributed by atoms with Crippen molar-refractivity contribution in [3.8, 4) is 0 Å². The van der Waals surface area contributed by atoms with E-state index in [1.165, 1.54) is 12.3 Å². The van der Waals surface area contributed by atoms with Crippen molar-refractivity contribution in [3.63, 3.8) is 0 Å². The van der Waals surface area contributed by atoms with Gasteiger partial charge in [-0.05, 0) is 46.8 Å². The van der Waals surface area contributed by atoms with Crippen LogP contribution in [0.15, 0.2) is 30.3 Å². The third-order valence-electron chi connectivity index (χ3n) is 4.14. The Balaban J connectivity index is 2.48. The van der Waals surface area contributed by atoms with Gasteiger partial charge in [0.1, 0.15) is 0 Å². The van der Waals surface area contributed by atoms with Crippen molar-refractivity contribution in [1.29, 1.82) is 0 Å². The van der Waals surface area contributed by atoms with Crippen LogP contribution in [0.4, 0.5) is 0 Å². The Labute approximate surface area is 117 Å². The van der Waals surface area contributed by atoms with Gasteiger partial charge in [-0.3, -0.25) is 0 Å². The molecule has 0 nitrogen and oxygen atoms in total. The normalized spacial score (nSPS) is 33.4. The Morgan fingerprint density at radius 3 is 1.94 bits per heavy atom. The van der Waals surface area contributed by atoms with Crippen LogP contribution in [0, 0.1) is 0 Å². The first-order valence-corrected chi connectivity index (χ1v) is 10.0. The Morgan fingerprint density at radius 1 is 1.00 bits per heavy atom. The third-order valence-corrected chi connectivity index (χ3v) is 12.1. The first-order chi connectivity index (χ1) is 8.35. The Kier molecular flexibility index (Phi) is 4.14. The van der Waals surface area contributed by atoms with E-state index in [0.717, 1.165) is 10.5 Å². The summed E-state index contributed by atoms with van der Waals surface area (Å²) in [6, 6.07) is 11.4. The molecule has 0 bridgehead atoms. The molecule has 0 N–H and O–H groups in total. The molecule has 1 aliphatic rings. The Hall–Kier alpha value is -0.0000000000000000555. The van der Waals surface area contributed by atoms with Gasteiger partial charge >= 0.3 is 0 Å². The van der Waals surface area contributed by atoms with Gasteiger partial charge in [-0.25, -0.2) is 0 Å². The van der Waals surface area contributed by atoms with Crippen molar-refractivity contribution < 1.29 is 0 Å². The highest BCUT2D eigenvalue weighted by molar-refractivity contribution is 8.03. The minimum Gasteiger partial charge on any atom is -0.148 e. The van der Waals surface area contributed by atoms with Gasteiger partial charge in [0.15, 0.2) is 0 Å². The molecule has 0 spiro atoms. The predicted octanol–water partition coefficient (Wildman–Crippen LogP) is 4.65. The molecular formula is C16H26PS+. The fraction of sp³-hybridized carbons (Fsp3) is 0.625. The largest absolute Gasteiger partial charge is 0.148 e. The van der Waals surface area contributed by atoms with E-state index in [9.17, 15) is 0 Å². The summed E-state index contributed by atoms with van der Waals surface area (Å²) in [5.74, 6) is 0. The van der Waals surface area contributed by atoms with Crippen molar-refractivity contribution in [2.45, 2.75) is 50.3 Å². The molecule has 3 atom stereocenters. The Bertz CT molecular complexity index is 383. The molecule has 0 aliphatic carbocycles. The lowest BCUT2D eigenvalue weighted by molar-refractivity contribution is 0.760. The number of hydrogen-bond acceptors (Lipinski definition) is 1. The van der Waals surface area contributed by atoms with E-state index in [-0.39, 0.29) is 0 Å². The third kappa shape index (κ3) is 2.63. The number of benzene rings is 1. The molecule has 100 valence electrons. The van der Waals surface area contributed by atoms with Crippen LogP contribution in [0.2, 0.25) is 0 Å². The Morgan fingerprint density at radius 2 is 1.50 bits per heavy atom. The summed E-state index contributed by atoms with van der Waals surface area (Å²) in [6.45, 7) is 12.2. The van der Waals surface area contributed by atoms with Gasteiger partial charge in [0.05, 0.1) is 30.0 Å². The van der Waals surface area contributed by atoms with Crippen LogP contribution >= 0.6 is 19.0 Å². The van der Waals surface area contributed by atoms with Gasteiger partial charge in [-0.2, -0.15) is 0 Å². The van der Waals surface area contributed by atoms with Crippen LogP contribution in [-0.4, -0.2) is 28.0 Å². The first-order valence-electron chi connectivity index (χ1n) is 6.93. The van der Waals surface area contributed by atoms with E-state index >= 15 is 0 Å². The summed E-state index contributed by atoms with van der Waals surface area (Å²) in [5, 5.41) is 3.69. The van der Waals surface area contributed by atoms with Crippen molar-refractivity contribution in [1.82, 2.24) is 0 Å². The lowest BCUT2D eigenvalue weighted by atomic mass is 10.2. The fourth-order valence-electron chi connectivity index (χ4n) is 3.29. The summed E-state index contributed by atoms with van der Waals surface area (Å²) in [4.78, 5) is 0. The molecule has 0 radical (unpaired) electrons. The molecule has 1 aliphatic heterocycles. The average molecular weight is 281 g/mol. The molecular weight excluding hydrogens is 255 g/mol. The molecule has 2 rings (SSSR count). The highest BCUT2D eigenvalue weighted by Gasteiger charge is 2.54. The van der Waals surface area contributed by atoms with E-state index in [1.807, 2.05) is 0 Å². The molecule has 1 fully saturated rings. The van der Waals surface area contributed by atoms with Gasteiger partial charge in [0.25, 0.3) is 0 Å². The van der Waals surface area contributed by atoms with Crippen molar-refractivity contribution in [2.24, 2.45) is 0 Å². The lowest BCUT2D eigenvalue weighted by Gasteiger charge is -2.44. The van der Waals surface area contributed by atoms with Crippen LogP contribution in [0.3, 0.4) is 0 Å². The standard InChI is InChI=1S/C16H26PS/c1-13-11-17(16(3,4)5,12-14(2)18-13)15-9-7-6-8-10-15/h6-10,13-14H,11-12H2,1-5H3/q+1/t13-,14+,17?. The van der Waals surface area contributed by atoms with Crippen molar-refractivity contribution in [2.75, 3.05) is 12.3 Å². The van der Waals surface area contributed by atoms with E-state index in [0.29, 0.717) is 5.16 Å². The summed E-state index contributed by atoms with van der Waals surface area (Å²) in [6.07, 6.45) is 2.82. The van der Waals surface area contributed by atoms with E-state index < -0.39 is 7.26 Å². The SMILES string of the molecule is C[C@@H]1C[P+](c2ccccc2)(C(C)(C)C)C[C@H](C)S1. The smallest absolute Gasteiger partial charge is 0.0945 e. The van der Waals surface area contributed by atoms with Gasteiger partial charge in [0.2, 0.25) is 0 Å². The molecule has 0 aromatic heterocycles. The summed E-state index contributed by atoms with van der Waals surface area (Å²) in [7, 11) is -1.06. The minimum absolute atomic E-state index is 0.428. The van der Waals surface area contributed by atoms with E-state index in [1.54, 1.807) is 5.30 Å². The molecule has 0 saturated carbocycles. The molecule has 1 saturated heterocycles. The maximum atomic E-state index is 2.46. The lowest BCUT2D eigenvalue weighted by Crippen LogP contribution is -2.40. The fourth-order valence-corrected chi connectivity index (χ4v) is 11.2. The van der Waals surface area contributed by atoms with Gasteiger partial charge in [-0.1, -0.05) is 18.2 Å². The van der Waals surface area contributed by atoms with Crippen LogP contribution in [0.1, 0.15) is 34.6 Å². The first kappa shape index (κ1) is 14.4. The summed E-state index contributed by atoms with van der Waals surface area (Å²) >= 11 is 2.18. The zero-order chi connectivity index (χ0) is 13.4. The molecule has 1 heterocycles. The molecule has 1 aromatic rings. The second kappa shape index (κ2) is 5.17. The van der Waals surface area contributed by atoms with Crippen LogP contribution in [-0.2, 0) is 0 Å². The number of rotatable bonds is 1. The van der Waals surface area contributed by atoms with Crippen LogP contribution in [0.25, 0.3) is 0 Å². The quantitative estimate of drug-likeness (QED) is 0.675. The van der Waals surface area contributed by atoms with Crippen LogP contribution in [0.5, 0.6) is 0 Å². The highest BCUT2D eigenvalue weighted by atomic mass is 32.2. The molecule has 2 heteroatoms. The van der Waals surface area contributed by atoms with Gasteiger partial charge in [-0.15, -0.1) is 11.8 Å². The predicted molar refractivity (Wildman–Crippen MR) is 89.0 cm³/mol.